The van der Waals surface area contributed by atoms with Crippen molar-refractivity contribution in [2.75, 3.05) is 7.11 Å². The second-order valence-corrected chi connectivity index (χ2v) is 5.48. The van der Waals surface area contributed by atoms with Crippen LogP contribution in [-0.2, 0) is 0 Å². The van der Waals surface area contributed by atoms with Gasteiger partial charge in [0.2, 0.25) is 0 Å². The number of ether oxygens (including phenoxy) is 1. The molecular formula is C18H20FNO2. The fourth-order valence-electron chi connectivity index (χ4n) is 2.27. The summed E-state index contributed by atoms with van der Waals surface area (Å²) in [6.45, 7) is 4.03. The van der Waals surface area contributed by atoms with Gasteiger partial charge in [-0.15, -0.1) is 0 Å². The van der Waals surface area contributed by atoms with Crippen LogP contribution in [0.15, 0.2) is 48.5 Å². The van der Waals surface area contributed by atoms with Gasteiger partial charge in [0.25, 0.3) is 5.91 Å². The predicted molar refractivity (Wildman–Crippen MR) is 84.4 cm³/mol. The lowest BCUT2D eigenvalue weighted by Crippen LogP contribution is -2.31. The first-order chi connectivity index (χ1) is 10.5. The number of hydrogen-bond acceptors (Lipinski definition) is 2. The molecule has 0 bridgehead atoms. The smallest absolute Gasteiger partial charge is 0.251 e. The number of methoxy groups -OCH3 is 1. The minimum atomic E-state index is -0.285. The summed E-state index contributed by atoms with van der Waals surface area (Å²) in [5.41, 5.74) is 1.45. The highest BCUT2D eigenvalue weighted by atomic mass is 19.1. The van der Waals surface area contributed by atoms with Crippen LogP contribution in [0, 0.1) is 11.7 Å². The second kappa shape index (κ2) is 7.07. The van der Waals surface area contributed by atoms with Crippen LogP contribution in [0.5, 0.6) is 5.75 Å². The van der Waals surface area contributed by atoms with Gasteiger partial charge >= 0.3 is 0 Å². The fraction of sp³-hybridized carbons (Fsp3) is 0.278. The number of carbonyl (C=O) groups is 1. The van der Waals surface area contributed by atoms with Crippen molar-refractivity contribution in [1.82, 2.24) is 5.32 Å². The standard InChI is InChI=1S/C18H20FNO2/c1-12(2)17(13-4-8-15(19)9-5-13)20-18(21)14-6-10-16(22-3)11-7-14/h4-12,17H,1-3H3,(H,20,21). The van der Waals surface area contributed by atoms with E-state index >= 15 is 0 Å². The van der Waals surface area contributed by atoms with Gasteiger partial charge in [0.05, 0.1) is 13.2 Å². The third-order valence-corrected chi connectivity index (χ3v) is 3.53. The van der Waals surface area contributed by atoms with Gasteiger partial charge in [-0.3, -0.25) is 4.79 Å². The zero-order chi connectivity index (χ0) is 16.1. The summed E-state index contributed by atoms with van der Waals surface area (Å²) in [5, 5.41) is 3.00. The molecule has 3 nitrogen and oxygen atoms in total. The van der Waals surface area contributed by atoms with Gasteiger partial charge in [-0.2, -0.15) is 0 Å². The molecule has 0 fully saturated rings. The van der Waals surface area contributed by atoms with E-state index in [1.807, 2.05) is 13.8 Å². The summed E-state index contributed by atoms with van der Waals surface area (Å²) in [6, 6.07) is 13.0. The molecule has 0 heterocycles. The van der Waals surface area contributed by atoms with E-state index in [4.69, 9.17) is 4.74 Å². The van der Waals surface area contributed by atoms with E-state index < -0.39 is 0 Å². The minimum absolute atomic E-state index is 0.161. The first-order valence-electron chi connectivity index (χ1n) is 7.21. The number of rotatable bonds is 5. The van der Waals surface area contributed by atoms with E-state index in [1.54, 1.807) is 43.5 Å². The second-order valence-electron chi connectivity index (χ2n) is 5.48. The summed E-state index contributed by atoms with van der Waals surface area (Å²) in [7, 11) is 1.58. The third-order valence-electron chi connectivity index (χ3n) is 3.53. The highest BCUT2D eigenvalue weighted by molar-refractivity contribution is 5.94. The Balaban J connectivity index is 2.16. The van der Waals surface area contributed by atoms with Gasteiger partial charge in [0, 0.05) is 5.56 Å². The van der Waals surface area contributed by atoms with Gasteiger partial charge in [-0.05, 0) is 47.9 Å². The van der Waals surface area contributed by atoms with Crippen LogP contribution < -0.4 is 10.1 Å². The zero-order valence-corrected chi connectivity index (χ0v) is 13.0. The number of nitrogens with one attached hydrogen (secondary N) is 1. The van der Waals surface area contributed by atoms with E-state index in [0.29, 0.717) is 11.3 Å². The fourth-order valence-corrected chi connectivity index (χ4v) is 2.27. The number of halogens is 1. The van der Waals surface area contributed by atoms with Crippen molar-refractivity contribution in [2.45, 2.75) is 19.9 Å². The predicted octanol–water partition coefficient (Wildman–Crippen LogP) is 3.96. The van der Waals surface area contributed by atoms with E-state index in [-0.39, 0.29) is 23.7 Å². The van der Waals surface area contributed by atoms with Crippen molar-refractivity contribution in [3.63, 3.8) is 0 Å². The van der Waals surface area contributed by atoms with Crippen LogP contribution in [0.25, 0.3) is 0 Å². The molecule has 1 unspecified atom stereocenters. The number of benzene rings is 2. The van der Waals surface area contributed by atoms with Crippen LogP contribution in [-0.4, -0.2) is 13.0 Å². The molecule has 116 valence electrons. The Hall–Kier alpha value is -2.36. The lowest BCUT2D eigenvalue weighted by molar-refractivity contribution is 0.0925. The molecule has 0 saturated carbocycles. The average molecular weight is 301 g/mol. The lowest BCUT2D eigenvalue weighted by atomic mass is 9.95. The van der Waals surface area contributed by atoms with Gasteiger partial charge in [-0.25, -0.2) is 4.39 Å². The largest absolute Gasteiger partial charge is 0.497 e. The van der Waals surface area contributed by atoms with Gasteiger partial charge in [0.1, 0.15) is 11.6 Å². The Morgan fingerprint density at radius 1 is 1.05 bits per heavy atom. The van der Waals surface area contributed by atoms with Crippen molar-refractivity contribution < 1.29 is 13.9 Å². The molecule has 0 aliphatic carbocycles. The molecule has 1 amide bonds. The molecule has 2 aromatic carbocycles. The van der Waals surface area contributed by atoms with Crippen molar-refractivity contribution >= 4 is 5.91 Å². The van der Waals surface area contributed by atoms with Gasteiger partial charge in [-0.1, -0.05) is 26.0 Å². The van der Waals surface area contributed by atoms with Crippen molar-refractivity contribution in [3.05, 3.63) is 65.5 Å². The number of carbonyl (C=O) groups excluding carboxylic acids is 1. The van der Waals surface area contributed by atoms with Gasteiger partial charge < -0.3 is 10.1 Å². The molecular weight excluding hydrogens is 281 g/mol. The summed E-state index contributed by atoms with van der Waals surface area (Å²) in [6.07, 6.45) is 0. The Kier molecular flexibility index (Phi) is 5.15. The summed E-state index contributed by atoms with van der Waals surface area (Å²) >= 11 is 0. The molecule has 0 radical (unpaired) electrons. The quantitative estimate of drug-likeness (QED) is 0.907. The van der Waals surface area contributed by atoms with Crippen LogP contribution >= 0.6 is 0 Å². The normalized spacial score (nSPS) is 12.0. The van der Waals surface area contributed by atoms with Gasteiger partial charge in [0.15, 0.2) is 0 Å². The SMILES string of the molecule is COc1ccc(C(=O)NC(c2ccc(F)cc2)C(C)C)cc1. The van der Waals surface area contributed by atoms with Crippen molar-refractivity contribution in [1.29, 1.82) is 0 Å². The first kappa shape index (κ1) is 16.0. The van der Waals surface area contributed by atoms with Crippen LogP contribution in [0.3, 0.4) is 0 Å². The maximum Gasteiger partial charge on any atom is 0.251 e. The molecule has 22 heavy (non-hydrogen) atoms. The maximum atomic E-state index is 13.1. The molecule has 0 aliphatic heterocycles. The number of amides is 1. The monoisotopic (exact) mass is 301 g/mol. The molecule has 1 atom stereocenters. The lowest BCUT2D eigenvalue weighted by Gasteiger charge is -2.23. The van der Waals surface area contributed by atoms with Crippen LogP contribution in [0.2, 0.25) is 0 Å². The molecule has 0 aliphatic rings. The summed E-state index contributed by atoms with van der Waals surface area (Å²) in [5.74, 6) is 0.446. The molecule has 2 rings (SSSR count). The average Bonchev–Trinajstić information content (AvgIpc) is 2.53. The molecule has 2 aromatic rings. The van der Waals surface area contributed by atoms with E-state index in [0.717, 1.165) is 5.56 Å². The first-order valence-corrected chi connectivity index (χ1v) is 7.21. The summed E-state index contributed by atoms with van der Waals surface area (Å²) in [4.78, 5) is 12.4. The minimum Gasteiger partial charge on any atom is -0.497 e. The summed E-state index contributed by atoms with van der Waals surface area (Å²) < 4.78 is 18.1. The highest BCUT2D eigenvalue weighted by Gasteiger charge is 2.19. The highest BCUT2D eigenvalue weighted by Crippen LogP contribution is 2.23. The zero-order valence-electron chi connectivity index (χ0n) is 13.0. The number of hydrogen-bond donors (Lipinski definition) is 1. The van der Waals surface area contributed by atoms with Crippen molar-refractivity contribution in [3.8, 4) is 5.75 Å². The molecule has 1 N–H and O–H groups in total. The van der Waals surface area contributed by atoms with Crippen LogP contribution in [0.1, 0.15) is 35.8 Å². The van der Waals surface area contributed by atoms with Crippen LogP contribution in [0.4, 0.5) is 4.39 Å². The topological polar surface area (TPSA) is 38.3 Å². The Morgan fingerprint density at radius 3 is 2.14 bits per heavy atom. The van der Waals surface area contributed by atoms with E-state index in [9.17, 15) is 9.18 Å². The molecule has 0 aromatic heterocycles. The molecule has 0 saturated heterocycles. The third kappa shape index (κ3) is 3.85. The Morgan fingerprint density at radius 2 is 1.64 bits per heavy atom. The Labute approximate surface area is 130 Å². The van der Waals surface area contributed by atoms with Crippen molar-refractivity contribution in [2.24, 2.45) is 5.92 Å². The molecule has 0 spiro atoms. The Bertz CT molecular complexity index is 621. The van der Waals surface area contributed by atoms with E-state index in [1.165, 1.54) is 12.1 Å². The maximum absolute atomic E-state index is 13.1. The molecule has 4 heteroatoms. The van der Waals surface area contributed by atoms with E-state index in [2.05, 4.69) is 5.32 Å².